The minimum Gasteiger partial charge on any atom is -0.484 e. The maximum absolute atomic E-state index is 12.6. The summed E-state index contributed by atoms with van der Waals surface area (Å²) in [6.07, 6.45) is 4.53. The number of ether oxygens (including phenoxy) is 1. The van der Waals surface area contributed by atoms with Crippen molar-refractivity contribution < 1.29 is 13.9 Å². The Morgan fingerprint density at radius 3 is 3.00 bits per heavy atom. The fourth-order valence-corrected chi connectivity index (χ4v) is 3.76. The molecule has 0 N–H and O–H groups in total. The number of hydrogen-bond acceptors (Lipinski definition) is 6. The predicted molar refractivity (Wildman–Crippen MR) is 99.5 cm³/mol. The number of carbonyl (C=O) groups excluding carboxylic acids is 1. The average molecular weight is 371 g/mol. The van der Waals surface area contributed by atoms with E-state index in [4.69, 9.17) is 9.15 Å². The van der Waals surface area contributed by atoms with Gasteiger partial charge in [-0.2, -0.15) is 0 Å². The van der Waals surface area contributed by atoms with Gasteiger partial charge in [-0.15, -0.1) is 11.3 Å². The molecule has 3 aromatic rings. The van der Waals surface area contributed by atoms with Crippen LogP contribution in [0.15, 0.2) is 28.9 Å². The van der Waals surface area contributed by atoms with Gasteiger partial charge in [0.25, 0.3) is 5.91 Å². The molecule has 2 heterocycles. The van der Waals surface area contributed by atoms with Crippen LogP contribution < -0.4 is 4.74 Å². The van der Waals surface area contributed by atoms with E-state index < -0.39 is 0 Å². The van der Waals surface area contributed by atoms with Gasteiger partial charge in [-0.25, -0.2) is 9.97 Å². The molecule has 4 rings (SSSR count). The summed E-state index contributed by atoms with van der Waals surface area (Å²) in [6, 6.07) is 6.18. The van der Waals surface area contributed by atoms with Gasteiger partial charge >= 0.3 is 0 Å². The van der Waals surface area contributed by atoms with Gasteiger partial charge in [-0.3, -0.25) is 4.79 Å². The van der Waals surface area contributed by atoms with Crippen molar-refractivity contribution >= 4 is 27.5 Å². The van der Waals surface area contributed by atoms with Gasteiger partial charge in [0, 0.05) is 18.7 Å². The van der Waals surface area contributed by atoms with Gasteiger partial charge in [-0.05, 0) is 38.3 Å². The Hall–Kier alpha value is -2.41. The number of rotatable bonds is 7. The Bertz CT molecular complexity index is 929. The molecule has 1 fully saturated rings. The van der Waals surface area contributed by atoms with Crippen LogP contribution in [0.2, 0.25) is 0 Å². The summed E-state index contributed by atoms with van der Waals surface area (Å²) in [5.41, 5.74) is 1.28. The monoisotopic (exact) mass is 371 g/mol. The van der Waals surface area contributed by atoms with Gasteiger partial charge in [0.15, 0.2) is 12.3 Å². The third-order valence-corrected chi connectivity index (χ3v) is 5.26. The molecule has 6 nitrogen and oxygen atoms in total. The summed E-state index contributed by atoms with van der Waals surface area (Å²) in [7, 11) is 0. The molecule has 136 valence electrons. The highest BCUT2D eigenvalue weighted by Crippen LogP contribution is 2.28. The molecule has 1 aromatic carbocycles. The number of hydrogen-bond donors (Lipinski definition) is 0. The van der Waals surface area contributed by atoms with Crippen molar-refractivity contribution in [1.82, 2.24) is 14.9 Å². The summed E-state index contributed by atoms with van der Waals surface area (Å²) < 4.78 is 12.3. The lowest BCUT2D eigenvalue weighted by molar-refractivity contribution is 0.0737. The second kappa shape index (κ2) is 7.07. The number of aryl methyl sites for hydroxylation is 1. The van der Waals surface area contributed by atoms with Crippen LogP contribution in [0, 0.1) is 6.92 Å². The van der Waals surface area contributed by atoms with Crippen molar-refractivity contribution in [3.05, 3.63) is 41.1 Å². The molecule has 1 amide bonds. The SMILES string of the molecule is CCCN(C(=O)c1coc(COc2ccc3sc(C)nc3c2)n1)C1CC1. The van der Waals surface area contributed by atoms with Crippen molar-refractivity contribution in [1.29, 1.82) is 0 Å². The largest absolute Gasteiger partial charge is 0.484 e. The number of carbonyl (C=O) groups is 1. The Morgan fingerprint density at radius 2 is 2.23 bits per heavy atom. The predicted octanol–water partition coefficient (Wildman–Crippen LogP) is 4.19. The molecule has 0 atom stereocenters. The number of thiazole rings is 1. The van der Waals surface area contributed by atoms with E-state index in [9.17, 15) is 4.79 Å². The lowest BCUT2D eigenvalue weighted by atomic mass is 10.3. The highest BCUT2D eigenvalue weighted by Gasteiger charge is 2.33. The third kappa shape index (κ3) is 3.58. The molecule has 0 radical (unpaired) electrons. The fraction of sp³-hybridized carbons (Fsp3) is 0.421. The van der Waals surface area contributed by atoms with E-state index in [0.717, 1.165) is 41.0 Å². The topological polar surface area (TPSA) is 68.5 Å². The lowest BCUT2D eigenvalue weighted by Gasteiger charge is -2.20. The van der Waals surface area contributed by atoms with E-state index in [1.54, 1.807) is 11.3 Å². The summed E-state index contributed by atoms with van der Waals surface area (Å²) in [6.45, 7) is 5.00. The van der Waals surface area contributed by atoms with Crippen LogP contribution in [0.4, 0.5) is 0 Å². The Labute approximate surface area is 155 Å². The van der Waals surface area contributed by atoms with E-state index in [1.807, 2.05) is 30.0 Å². The molecular weight excluding hydrogens is 350 g/mol. The molecule has 0 bridgehead atoms. The first-order valence-corrected chi connectivity index (χ1v) is 9.71. The Morgan fingerprint density at radius 1 is 1.38 bits per heavy atom. The Kier molecular flexibility index (Phi) is 4.63. The van der Waals surface area contributed by atoms with Gasteiger partial charge in [-0.1, -0.05) is 6.92 Å². The second-order valence-electron chi connectivity index (χ2n) is 6.51. The number of aromatic nitrogens is 2. The summed E-state index contributed by atoms with van der Waals surface area (Å²) in [5, 5.41) is 1.03. The van der Waals surface area contributed by atoms with E-state index in [2.05, 4.69) is 16.9 Å². The number of oxazole rings is 1. The number of amides is 1. The maximum atomic E-state index is 12.6. The highest BCUT2D eigenvalue weighted by molar-refractivity contribution is 7.18. The average Bonchev–Trinajstić information content (AvgIpc) is 3.23. The molecule has 26 heavy (non-hydrogen) atoms. The van der Waals surface area contributed by atoms with Crippen molar-refractivity contribution in [2.45, 2.75) is 45.8 Å². The van der Waals surface area contributed by atoms with Gasteiger partial charge in [0.2, 0.25) is 5.89 Å². The van der Waals surface area contributed by atoms with Crippen LogP contribution >= 0.6 is 11.3 Å². The van der Waals surface area contributed by atoms with E-state index >= 15 is 0 Å². The van der Waals surface area contributed by atoms with Crippen LogP contribution in [0.1, 0.15) is 47.6 Å². The van der Waals surface area contributed by atoms with Crippen LogP contribution in [0.3, 0.4) is 0 Å². The minimum absolute atomic E-state index is 0.0521. The third-order valence-electron chi connectivity index (χ3n) is 4.31. The fourth-order valence-electron chi connectivity index (χ4n) is 2.96. The quantitative estimate of drug-likeness (QED) is 0.623. The molecule has 1 aliphatic carbocycles. The summed E-state index contributed by atoms with van der Waals surface area (Å²) in [5.74, 6) is 1.05. The zero-order valence-corrected chi connectivity index (χ0v) is 15.7. The number of benzene rings is 1. The van der Waals surface area contributed by atoms with Crippen molar-refractivity contribution in [2.24, 2.45) is 0 Å². The van der Waals surface area contributed by atoms with Gasteiger partial charge in [0.1, 0.15) is 12.0 Å². The van der Waals surface area contributed by atoms with Crippen LogP contribution in [0.5, 0.6) is 5.75 Å². The molecule has 7 heteroatoms. The standard InChI is InChI=1S/C19H21N3O3S/c1-3-8-22(13-4-5-13)19(23)16-10-25-18(21-16)11-24-14-6-7-17-15(9-14)20-12(2)26-17/h6-7,9-10,13H,3-5,8,11H2,1-2H3. The normalized spacial score (nSPS) is 13.9. The van der Waals surface area contributed by atoms with Crippen LogP contribution in [-0.2, 0) is 6.61 Å². The Balaban J connectivity index is 1.41. The van der Waals surface area contributed by atoms with Crippen molar-refractivity contribution in [2.75, 3.05) is 6.54 Å². The first kappa shape index (κ1) is 17.0. The van der Waals surface area contributed by atoms with Crippen molar-refractivity contribution in [3.8, 4) is 5.75 Å². The van der Waals surface area contributed by atoms with E-state index in [0.29, 0.717) is 23.4 Å². The van der Waals surface area contributed by atoms with Crippen LogP contribution in [0.25, 0.3) is 10.2 Å². The van der Waals surface area contributed by atoms with Gasteiger partial charge in [0.05, 0.1) is 15.2 Å². The molecule has 0 aliphatic heterocycles. The van der Waals surface area contributed by atoms with Gasteiger partial charge < -0.3 is 14.1 Å². The highest BCUT2D eigenvalue weighted by atomic mass is 32.1. The smallest absolute Gasteiger partial charge is 0.276 e. The molecular formula is C19H21N3O3S. The number of fused-ring (bicyclic) bond motifs is 1. The molecule has 0 unspecified atom stereocenters. The summed E-state index contributed by atoms with van der Waals surface area (Å²) in [4.78, 5) is 23.3. The molecule has 0 saturated heterocycles. The first-order chi connectivity index (χ1) is 12.6. The maximum Gasteiger partial charge on any atom is 0.276 e. The minimum atomic E-state index is -0.0521. The zero-order valence-electron chi connectivity index (χ0n) is 14.9. The lowest BCUT2D eigenvalue weighted by Crippen LogP contribution is -2.34. The zero-order chi connectivity index (χ0) is 18.1. The molecule has 0 spiro atoms. The second-order valence-corrected chi connectivity index (χ2v) is 7.74. The van der Waals surface area contributed by atoms with Crippen molar-refractivity contribution in [3.63, 3.8) is 0 Å². The van der Waals surface area contributed by atoms with E-state index in [-0.39, 0.29) is 12.5 Å². The molecule has 1 saturated carbocycles. The molecule has 1 aliphatic rings. The van der Waals surface area contributed by atoms with E-state index in [1.165, 1.54) is 6.26 Å². The number of nitrogens with zero attached hydrogens (tertiary/aromatic N) is 3. The molecule has 2 aromatic heterocycles. The summed E-state index contributed by atoms with van der Waals surface area (Å²) >= 11 is 1.66. The van der Waals surface area contributed by atoms with Crippen LogP contribution in [-0.4, -0.2) is 33.4 Å². The first-order valence-electron chi connectivity index (χ1n) is 8.89.